The van der Waals surface area contributed by atoms with Gasteiger partial charge in [0.15, 0.2) is 5.82 Å². The summed E-state index contributed by atoms with van der Waals surface area (Å²) in [6, 6.07) is 0. The molecular weight excluding hydrogens is 484 g/mol. The number of hydrogen-bond donors (Lipinski definition) is 4. The summed E-state index contributed by atoms with van der Waals surface area (Å²) in [5, 5.41) is 7.43. The number of carbonyl (C=O) groups excluding carboxylic acids is 2. The lowest BCUT2D eigenvalue weighted by molar-refractivity contribution is -0.134. The van der Waals surface area contributed by atoms with Crippen LogP contribution in [0.4, 0.5) is 20.2 Å². The van der Waals surface area contributed by atoms with Gasteiger partial charge in [0.25, 0.3) is 0 Å². The summed E-state index contributed by atoms with van der Waals surface area (Å²) in [5.74, 6) is -1.67. The van der Waals surface area contributed by atoms with Gasteiger partial charge in [0.05, 0.1) is 36.3 Å². The van der Waals surface area contributed by atoms with Gasteiger partial charge < -0.3 is 25.8 Å². The van der Waals surface area contributed by atoms with E-state index < -0.39 is 36.1 Å². The van der Waals surface area contributed by atoms with Crippen LogP contribution in [0.2, 0.25) is 0 Å². The van der Waals surface area contributed by atoms with Crippen LogP contribution in [-0.2, 0) is 9.59 Å². The maximum Gasteiger partial charge on any atom is 0.233 e. The number of piperidine rings is 1. The molecule has 37 heavy (non-hydrogen) atoms. The van der Waals surface area contributed by atoms with Gasteiger partial charge in [-0.3, -0.25) is 19.9 Å². The molecule has 2 amide bonds. The number of carbonyl (C=O) groups is 2. The Morgan fingerprint density at radius 2 is 1.95 bits per heavy atom. The highest BCUT2D eigenvalue weighted by molar-refractivity contribution is 5.96. The second-order valence-electron chi connectivity index (χ2n) is 10.5. The summed E-state index contributed by atoms with van der Waals surface area (Å²) < 4.78 is 28.8. The molecular formula is C24H39F2N9O2. The number of nitrogens with two attached hydrogens (primary N) is 1. The number of amides is 2. The van der Waals surface area contributed by atoms with Gasteiger partial charge in [-0.2, -0.15) is 0 Å². The van der Waals surface area contributed by atoms with Gasteiger partial charge in [0.2, 0.25) is 11.8 Å². The van der Waals surface area contributed by atoms with Crippen LogP contribution in [0.5, 0.6) is 0 Å². The van der Waals surface area contributed by atoms with Gasteiger partial charge in [0, 0.05) is 45.7 Å². The molecule has 1 aromatic heterocycles. The summed E-state index contributed by atoms with van der Waals surface area (Å²) in [5.41, 5.74) is 9.60. The van der Waals surface area contributed by atoms with E-state index in [-0.39, 0.29) is 36.3 Å². The fourth-order valence-corrected chi connectivity index (χ4v) is 5.43. The van der Waals surface area contributed by atoms with Gasteiger partial charge in [-0.1, -0.05) is 0 Å². The number of nitrogens with zero attached hydrogens (tertiary/aromatic N) is 5. The average molecular weight is 524 g/mol. The van der Waals surface area contributed by atoms with E-state index in [1.807, 2.05) is 26.0 Å². The molecule has 0 spiro atoms. The number of anilines is 2. The molecule has 0 radical (unpaired) electrons. The highest BCUT2D eigenvalue weighted by atomic mass is 19.1. The van der Waals surface area contributed by atoms with E-state index in [0.29, 0.717) is 32.5 Å². The average Bonchev–Trinajstić information content (AvgIpc) is 3.18. The van der Waals surface area contributed by atoms with E-state index in [1.54, 1.807) is 9.91 Å². The Morgan fingerprint density at radius 1 is 1.22 bits per heavy atom. The van der Waals surface area contributed by atoms with E-state index >= 15 is 4.39 Å². The minimum Gasteiger partial charge on any atom is -0.367 e. The van der Waals surface area contributed by atoms with Crippen molar-refractivity contribution >= 4 is 23.2 Å². The minimum absolute atomic E-state index is 0.116. The number of hydrazine groups is 1. The molecule has 206 valence electrons. The van der Waals surface area contributed by atoms with Crippen LogP contribution in [0.15, 0.2) is 12.4 Å². The third-order valence-electron chi connectivity index (χ3n) is 7.39. The molecule has 1 aromatic rings. The first-order chi connectivity index (χ1) is 17.7. The zero-order valence-corrected chi connectivity index (χ0v) is 21.8. The molecule has 3 aliphatic heterocycles. The second kappa shape index (κ2) is 11.9. The number of fused-ring (bicyclic) bond motifs is 1. The lowest BCUT2D eigenvalue weighted by Crippen LogP contribution is -2.58. The molecule has 3 saturated heterocycles. The summed E-state index contributed by atoms with van der Waals surface area (Å²) in [6.45, 7) is 2.83. The maximum absolute atomic E-state index is 15.0. The molecule has 3 fully saturated rings. The molecule has 13 heteroatoms. The van der Waals surface area contributed by atoms with Crippen LogP contribution in [0.1, 0.15) is 19.3 Å². The monoisotopic (exact) mass is 523 g/mol. The fraction of sp³-hybridized carbons (Fsp3) is 0.708. The lowest BCUT2D eigenvalue weighted by atomic mass is 9.94. The number of pyridine rings is 1. The van der Waals surface area contributed by atoms with E-state index in [9.17, 15) is 14.0 Å². The smallest absolute Gasteiger partial charge is 0.233 e. The normalized spacial score (nSPS) is 26.8. The summed E-state index contributed by atoms with van der Waals surface area (Å²) in [7, 11) is 5.85. The molecule has 0 saturated carbocycles. The van der Waals surface area contributed by atoms with Gasteiger partial charge in [-0.15, -0.1) is 0 Å². The molecule has 0 bridgehead atoms. The van der Waals surface area contributed by atoms with Crippen molar-refractivity contribution < 1.29 is 18.4 Å². The first-order valence-corrected chi connectivity index (χ1v) is 12.9. The molecule has 4 atom stereocenters. The summed E-state index contributed by atoms with van der Waals surface area (Å²) >= 11 is 0. The lowest BCUT2D eigenvalue weighted by Gasteiger charge is -2.36. The molecule has 11 nitrogen and oxygen atoms in total. The third-order valence-corrected chi connectivity index (χ3v) is 7.39. The van der Waals surface area contributed by atoms with Gasteiger partial charge in [0.1, 0.15) is 11.9 Å². The highest BCUT2D eigenvalue weighted by Gasteiger charge is 2.47. The predicted octanol–water partition coefficient (Wildman–Crippen LogP) is -0.226. The molecule has 4 unspecified atom stereocenters. The van der Waals surface area contributed by atoms with Crippen molar-refractivity contribution in [1.82, 2.24) is 30.5 Å². The Bertz CT molecular complexity index is 960. The first kappa shape index (κ1) is 27.6. The van der Waals surface area contributed by atoms with Crippen LogP contribution in [-0.4, -0.2) is 111 Å². The number of alkyl halides is 1. The summed E-state index contributed by atoms with van der Waals surface area (Å²) in [6.07, 6.45) is 2.38. The predicted molar refractivity (Wildman–Crippen MR) is 137 cm³/mol. The van der Waals surface area contributed by atoms with Gasteiger partial charge >= 0.3 is 0 Å². The number of rotatable bonds is 8. The van der Waals surface area contributed by atoms with Gasteiger partial charge in [-0.05, 0) is 39.9 Å². The Hall–Kier alpha value is -2.45. The van der Waals surface area contributed by atoms with E-state index in [4.69, 9.17) is 5.73 Å². The van der Waals surface area contributed by atoms with Crippen LogP contribution < -0.4 is 26.7 Å². The quantitative estimate of drug-likeness (QED) is 0.366. The van der Waals surface area contributed by atoms with Crippen LogP contribution >= 0.6 is 0 Å². The molecule has 0 aromatic carbocycles. The van der Waals surface area contributed by atoms with Crippen molar-refractivity contribution in [3.8, 4) is 0 Å². The summed E-state index contributed by atoms with van der Waals surface area (Å²) in [4.78, 5) is 35.8. The Kier molecular flexibility index (Phi) is 8.90. The van der Waals surface area contributed by atoms with E-state index in [0.717, 1.165) is 19.2 Å². The molecule has 5 N–H and O–H groups in total. The third kappa shape index (κ3) is 6.34. The van der Waals surface area contributed by atoms with Gasteiger partial charge in [-0.25, -0.2) is 19.2 Å². The number of hydrogen-bond acceptors (Lipinski definition) is 9. The van der Waals surface area contributed by atoms with Crippen molar-refractivity contribution in [3.05, 3.63) is 18.2 Å². The molecule has 4 rings (SSSR count). The second-order valence-corrected chi connectivity index (χ2v) is 10.5. The van der Waals surface area contributed by atoms with Crippen molar-refractivity contribution in [3.63, 3.8) is 0 Å². The standard InChI is InChI=1S/C24H39F2N9O2/c1-32(2)7-4-8-33(3)24(37)15-5-9-34(10-6-15)20-17(26)12-28-13-18(20)30-23(36)19-21(27)31-35-14-16(25)11-29-22(19)35/h12-13,15-16,19,21-22,29,31H,4-11,14,27H2,1-3H3,(H,30,36). The highest BCUT2D eigenvalue weighted by Crippen LogP contribution is 2.33. The zero-order chi connectivity index (χ0) is 26.7. The van der Waals surface area contributed by atoms with Crippen molar-refractivity contribution in [2.45, 2.75) is 37.8 Å². The number of nitrogens with one attached hydrogen (secondary N) is 3. The Morgan fingerprint density at radius 3 is 2.65 bits per heavy atom. The minimum atomic E-state index is -1.07. The largest absolute Gasteiger partial charge is 0.367 e. The topological polar surface area (TPSA) is 122 Å². The number of halogens is 2. The van der Waals surface area contributed by atoms with Crippen LogP contribution in [0.25, 0.3) is 0 Å². The number of aromatic nitrogens is 1. The van der Waals surface area contributed by atoms with Crippen LogP contribution in [0, 0.1) is 17.7 Å². The van der Waals surface area contributed by atoms with E-state index in [2.05, 4.69) is 25.9 Å². The molecule has 0 aliphatic carbocycles. The zero-order valence-electron chi connectivity index (χ0n) is 21.8. The van der Waals surface area contributed by atoms with Crippen molar-refractivity contribution in [2.24, 2.45) is 17.6 Å². The fourth-order valence-electron chi connectivity index (χ4n) is 5.43. The first-order valence-electron chi connectivity index (χ1n) is 12.9. The molecule has 4 heterocycles. The molecule has 3 aliphatic rings. The SMILES string of the molecule is CN(C)CCCN(C)C(=O)C1CCN(c2c(F)cncc2NC(=O)C2C(N)NN3CC(F)CNC23)CC1. The Balaban J connectivity index is 1.38. The Labute approximate surface area is 216 Å². The van der Waals surface area contributed by atoms with E-state index in [1.165, 1.54) is 6.20 Å². The van der Waals surface area contributed by atoms with Crippen molar-refractivity contribution in [2.75, 3.05) is 70.6 Å². The van der Waals surface area contributed by atoms with Crippen molar-refractivity contribution in [1.29, 1.82) is 0 Å². The van der Waals surface area contributed by atoms with Crippen LogP contribution in [0.3, 0.4) is 0 Å². The maximum atomic E-state index is 15.0.